The van der Waals surface area contributed by atoms with Crippen LogP contribution in [0.5, 0.6) is 5.88 Å². The molecule has 1 aliphatic carbocycles. The van der Waals surface area contributed by atoms with E-state index in [4.69, 9.17) is 10.5 Å². The molecule has 2 aliphatic rings. The number of benzene rings is 1. The van der Waals surface area contributed by atoms with E-state index in [2.05, 4.69) is 10.3 Å². The van der Waals surface area contributed by atoms with Crippen molar-refractivity contribution in [2.24, 2.45) is 17.6 Å². The Kier molecular flexibility index (Phi) is 3.81. The molecule has 0 bridgehead atoms. The van der Waals surface area contributed by atoms with Crippen LogP contribution in [0.1, 0.15) is 25.0 Å². The van der Waals surface area contributed by atoms with Crippen LogP contribution in [-0.2, 0) is 5.54 Å². The molecule has 1 aromatic carbocycles. The summed E-state index contributed by atoms with van der Waals surface area (Å²) in [6.45, 7) is 7.66. The number of aromatic nitrogens is 1. The minimum atomic E-state index is -0.528. The third kappa shape index (κ3) is 3.14. The van der Waals surface area contributed by atoms with Gasteiger partial charge in [-0.2, -0.15) is 0 Å². The van der Waals surface area contributed by atoms with Crippen molar-refractivity contribution in [2.75, 3.05) is 13.1 Å². The summed E-state index contributed by atoms with van der Waals surface area (Å²) in [6, 6.07) is 9.00. The molecule has 1 aromatic heterocycles. The highest BCUT2D eigenvalue weighted by Gasteiger charge is 2.55. The molecule has 5 heteroatoms. The summed E-state index contributed by atoms with van der Waals surface area (Å²) >= 11 is 0. The van der Waals surface area contributed by atoms with E-state index >= 15 is 0 Å². The summed E-state index contributed by atoms with van der Waals surface area (Å²) in [5.41, 5.74) is 8.74. The van der Waals surface area contributed by atoms with Crippen LogP contribution >= 0.6 is 0 Å². The number of nitrogens with zero attached hydrogens (tertiary/aromatic N) is 1. The summed E-state index contributed by atoms with van der Waals surface area (Å²) in [5, 5.41) is 3.36. The third-order valence-electron chi connectivity index (χ3n) is 5.28. The highest BCUT2D eigenvalue weighted by atomic mass is 19.1. The normalized spacial score (nSPS) is 24.9. The van der Waals surface area contributed by atoms with Crippen LogP contribution in [0.3, 0.4) is 0 Å². The average molecular weight is 341 g/mol. The Morgan fingerprint density at radius 2 is 1.92 bits per heavy atom. The van der Waals surface area contributed by atoms with Crippen molar-refractivity contribution in [3.63, 3.8) is 0 Å². The van der Waals surface area contributed by atoms with Crippen molar-refractivity contribution in [1.82, 2.24) is 10.3 Å². The molecule has 3 atom stereocenters. The van der Waals surface area contributed by atoms with Gasteiger partial charge < -0.3 is 15.8 Å². The van der Waals surface area contributed by atoms with E-state index in [9.17, 15) is 4.39 Å². The van der Waals surface area contributed by atoms with Gasteiger partial charge in [-0.15, -0.1) is 0 Å². The van der Waals surface area contributed by atoms with Gasteiger partial charge in [0.15, 0.2) is 0 Å². The molecule has 3 N–H and O–H groups in total. The van der Waals surface area contributed by atoms with Gasteiger partial charge in [0.2, 0.25) is 5.88 Å². The van der Waals surface area contributed by atoms with Gasteiger partial charge >= 0.3 is 0 Å². The van der Waals surface area contributed by atoms with E-state index < -0.39 is 5.54 Å². The van der Waals surface area contributed by atoms with Crippen LogP contribution in [0.4, 0.5) is 4.39 Å². The van der Waals surface area contributed by atoms with Crippen LogP contribution in [-0.4, -0.2) is 24.2 Å². The van der Waals surface area contributed by atoms with Crippen molar-refractivity contribution in [3.8, 4) is 17.1 Å². The minimum absolute atomic E-state index is 0.229. The van der Waals surface area contributed by atoms with Gasteiger partial charge in [0.1, 0.15) is 11.9 Å². The average Bonchev–Trinajstić information content (AvgIpc) is 2.98. The lowest BCUT2D eigenvalue weighted by Crippen LogP contribution is -2.29. The van der Waals surface area contributed by atoms with E-state index in [1.165, 1.54) is 6.07 Å². The van der Waals surface area contributed by atoms with Gasteiger partial charge in [-0.3, -0.25) is 0 Å². The molecule has 2 fully saturated rings. The smallest absolute Gasteiger partial charge is 0.214 e. The van der Waals surface area contributed by atoms with E-state index in [0.29, 0.717) is 29.0 Å². The fourth-order valence-corrected chi connectivity index (χ4v) is 3.51. The summed E-state index contributed by atoms with van der Waals surface area (Å²) in [7, 11) is 0. The Balaban J connectivity index is 1.70. The maximum Gasteiger partial charge on any atom is 0.214 e. The molecule has 25 heavy (non-hydrogen) atoms. The fraction of sp³-hybridized carbons (Fsp3) is 0.450. The molecule has 0 radical (unpaired) electrons. The molecule has 0 amide bonds. The van der Waals surface area contributed by atoms with Crippen LogP contribution in [0, 0.1) is 24.6 Å². The van der Waals surface area contributed by atoms with Crippen molar-refractivity contribution in [1.29, 1.82) is 0 Å². The summed E-state index contributed by atoms with van der Waals surface area (Å²) in [6.07, 6.45) is 0.229. The maximum absolute atomic E-state index is 14.0. The Labute approximate surface area is 147 Å². The second-order valence-corrected chi connectivity index (χ2v) is 7.83. The lowest BCUT2D eigenvalue weighted by Gasteiger charge is -2.21. The maximum atomic E-state index is 14.0. The molecular formula is C20H24FN3O. The standard InChI is InChI=1S/C20H24FN3O/c1-11-4-5-12(6-16(11)21)17-7-13(20(2,3)22)8-18(24-17)25-19-14-9-23-10-15(14)19/h4-8,14-15,19,23H,9-10,22H2,1-3H3/t14-,15+,19?. The Morgan fingerprint density at radius 1 is 1.20 bits per heavy atom. The highest BCUT2D eigenvalue weighted by Crippen LogP contribution is 2.44. The van der Waals surface area contributed by atoms with Gasteiger partial charge in [0.05, 0.1) is 5.69 Å². The molecule has 4 rings (SSSR count). The van der Waals surface area contributed by atoms with Gasteiger partial charge in [-0.05, 0) is 44.0 Å². The first kappa shape index (κ1) is 16.5. The van der Waals surface area contributed by atoms with Crippen LogP contribution in [0.15, 0.2) is 30.3 Å². The Morgan fingerprint density at radius 3 is 2.56 bits per heavy atom. The SMILES string of the molecule is Cc1ccc(-c2cc(C(C)(C)N)cc(OC3[C@H]4CNC[C@@H]34)n2)cc1F. The molecule has 1 saturated heterocycles. The number of nitrogens with one attached hydrogen (secondary N) is 1. The number of pyridine rings is 1. The number of hydrogen-bond acceptors (Lipinski definition) is 4. The number of fused-ring (bicyclic) bond motifs is 1. The number of piperidine rings is 1. The van der Waals surface area contributed by atoms with Gasteiger partial charge in [-0.1, -0.05) is 12.1 Å². The van der Waals surface area contributed by atoms with Gasteiger partial charge in [0.25, 0.3) is 0 Å². The van der Waals surface area contributed by atoms with Gasteiger partial charge in [0, 0.05) is 42.1 Å². The molecule has 1 saturated carbocycles. The molecule has 0 spiro atoms. The summed E-state index contributed by atoms with van der Waals surface area (Å²) in [4.78, 5) is 4.63. The number of nitrogens with two attached hydrogens (primary N) is 1. The van der Waals surface area contributed by atoms with E-state index in [1.807, 2.05) is 32.0 Å². The van der Waals surface area contributed by atoms with Crippen LogP contribution < -0.4 is 15.8 Å². The zero-order valence-corrected chi connectivity index (χ0v) is 14.8. The minimum Gasteiger partial charge on any atom is -0.474 e. The summed E-state index contributed by atoms with van der Waals surface area (Å²) < 4.78 is 20.1. The van der Waals surface area contributed by atoms with E-state index in [1.54, 1.807) is 13.0 Å². The Hall–Kier alpha value is -1.98. The fourth-order valence-electron chi connectivity index (χ4n) is 3.51. The first-order valence-corrected chi connectivity index (χ1v) is 8.78. The van der Waals surface area contributed by atoms with Crippen molar-refractivity contribution in [2.45, 2.75) is 32.4 Å². The molecular weight excluding hydrogens is 317 g/mol. The zero-order valence-electron chi connectivity index (χ0n) is 14.8. The van der Waals surface area contributed by atoms with Crippen molar-refractivity contribution in [3.05, 3.63) is 47.3 Å². The number of ether oxygens (including phenoxy) is 1. The van der Waals surface area contributed by atoms with E-state index in [-0.39, 0.29) is 11.9 Å². The first-order valence-electron chi connectivity index (χ1n) is 8.78. The zero-order chi connectivity index (χ0) is 17.8. The third-order valence-corrected chi connectivity index (χ3v) is 5.28. The number of hydrogen-bond donors (Lipinski definition) is 2. The molecule has 2 aromatic rings. The van der Waals surface area contributed by atoms with Crippen molar-refractivity contribution >= 4 is 0 Å². The molecule has 1 aliphatic heterocycles. The monoisotopic (exact) mass is 341 g/mol. The predicted octanol–water partition coefficient (Wildman–Crippen LogP) is 2.99. The molecule has 4 nitrogen and oxygen atoms in total. The second-order valence-electron chi connectivity index (χ2n) is 7.83. The summed E-state index contributed by atoms with van der Waals surface area (Å²) in [5.74, 6) is 1.50. The van der Waals surface area contributed by atoms with E-state index in [0.717, 1.165) is 24.2 Å². The largest absolute Gasteiger partial charge is 0.474 e. The lowest BCUT2D eigenvalue weighted by atomic mass is 9.94. The lowest BCUT2D eigenvalue weighted by molar-refractivity contribution is 0.251. The number of halogens is 1. The molecule has 2 heterocycles. The topological polar surface area (TPSA) is 60.2 Å². The highest BCUT2D eigenvalue weighted by molar-refractivity contribution is 5.62. The quantitative estimate of drug-likeness (QED) is 0.897. The number of aryl methyl sites for hydroxylation is 1. The number of rotatable bonds is 4. The molecule has 1 unspecified atom stereocenters. The molecule has 132 valence electrons. The first-order chi connectivity index (χ1) is 11.8. The van der Waals surface area contributed by atoms with Gasteiger partial charge in [-0.25, -0.2) is 9.37 Å². The van der Waals surface area contributed by atoms with Crippen LogP contribution in [0.25, 0.3) is 11.3 Å². The van der Waals surface area contributed by atoms with Crippen molar-refractivity contribution < 1.29 is 9.13 Å². The Bertz CT molecular complexity index is 805. The second kappa shape index (κ2) is 5.78. The van der Waals surface area contributed by atoms with Crippen LogP contribution in [0.2, 0.25) is 0 Å². The predicted molar refractivity (Wildman–Crippen MR) is 95.8 cm³/mol.